The van der Waals surface area contributed by atoms with E-state index in [9.17, 15) is 14.9 Å². The van der Waals surface area contributed by atoms with Crippen molar-refractivity contribution in [1.82, 2.24) is 21.0 Å². The van der Waals surface area contributed by atoms with Crippen molar-refractivity contribution < 1.29 is 9.59 Å². The van der Waals surface area contributed by atoms with Gasteiger partial charge in [-0.2, -0.15) is 10.4 Å². The number of rotatable bonds is 11. The van der Waals surface area contributed by atoms with Crippen LogP contribution in [0.5, 0.6) is 0 Å². The van der Waals surface area contributed by atoms with Gasteiger partial charge in [0, 0.05) is 24.7 Å². The van der Waals surface area contributed by atoms with Crippen LogP contribution in [-0.4, -0.2) is 54.3 Å². The molecule has 2 amide bonds. The third kappa shape index (κ3) is 7.37. The number of carbonyl (C=O) groups excluding carboxylic acids is 2. The van der Waals surface area contributed by atoms with Crippen LogP contribution in [-0.2, 0) is 16.6 Å². The molecule has 0 bridgehead atoms. The second-order valence-corrected chi connectivity index (χ2v) is 13.1. The first kappa shape index (κ1) is 34.9. The molecule has 1 aliphatic heterocycles. The lowest BCUT2D eigenvalue weighted by Crippen LogP contribution is -2.55. The molecule has 2 aliphatic carbocycles. The van der Waals surface area contributed by atoms with Crippen LogP contribution in [0.1, 0.15) is 100 Å². The van der Waals surface area contributed by atoms with Gasteiger partial charge in [0.2, 0.25) is 5.91 Å². The number of hydrazone groups is 1. The fourth-order valence-electron chi connectivity index (χ4n) is 7.88. The lowest BCUT2D eigenvalue weighted by Gasteiger charge is -2.43. The van der Waals surface area contributed by atoms with Gasteiger partial charge in [0.05, 0.1) is 18.0 Å². The van der Waals surface area contributed by atoms with E-state index in [1.54, 1.807) is 4.90 Å². The number of aryl methyl sites for hydroxylation is 1. The number of nitrogens with two attached hydrogens (primary N) is 2. The second kappa shape index (κ2) is 16.1. The number of hydrogen-bond donors (Lipinski definition) is 5. The summed E-state index contributed by atoms with van der Waals surface area (Å²) in [5.41, 5.74) is 7.71. The zero-order valence-electron chi connectivity index (χ0n) is 27.8. The number of hydrogen-bond acceptors (Lipinski definition) is 7. The van der Waals surface area contributed by atoms with E-state index in [1.807, 2.05) is 31.2 Å². The number of nitrogens with one attached hydrogen (secondary N) is 3. The highest BCUT2D eigenvalue weighted by molar-refractivity contribution is 5.99. The summed E-state index contributed by atoms with van der Waals surface area (Å²) >= 11 is 0. The van der Waals surface area contributed by atoms with Crippen molar-refractivity contribution in [2.24, 2.45) is 22.7 Å². The topological polar surface area (TPSA) is 162 Å². The van der Waals surface area contributed by atoms with E-state index < -0.39 is 5.41 Å². The molecule has 10 heteroatoms. The van der Waals surface area contributed by atoms with Crippen molar-refractivity contribution in [3.05, 3.63) is 70.3 Å². The molecule has 4 rings (SSSR count). The van der Waals surface area contributed by atoms with E-state index >= 15 is 0 Å². The van der Waals surface area contributed by atoms with Gasteiger partial charge >= 0.3 is 0 Å². The van der Waals surface area contributed by atoms with E-state index in [1.165, 1.54) is 6.42 Å². The molecule has 1 aromatic carbocycles. The molecule has 1 heterocycles. The third-order valence-corrected chi connectivity index (χ3v) is 9.95. The lowest BCUT2D eigenvalue weighted by molar-refractivity contribution is -0.130. The third-order valence-electron chi connectivity index (χ3n) is 9.95. The van der Waals surface area contributed by atoms with Crippen LogP contribution >= 0.6 is 0 Å². The van der Waals surface area contributed by atoms with Gasteiger partial charge in [-0.15, -0.1) is 0 Å². The van der Waals surface area contributed by atoms with Gasteiger partial charge in [0.15, 0.2) is 5.84 Å². The maximum Gasteiger partial charge on any atom is 0.251 e. The Kier molecular flexibility index (Phi) is 12.2. The van der Waals surface area contributed by atoms with Crippen molar-refractivity contribution in [2.75, 3.05) is 19.6 Å². The molecule has 1 saturated heterocycles. The highest BCUT2D eigenvalue weighted by Crippen LogP contribution is 2.47. The zero-order chi connectivity index (χ0) is 33.3. The summed E-state index contributed by atoms with van der Waals surface area (Å²) in [4.78, 5) is 28.1. The average Bonchev–Trinajstić information content (AvgIpc) is 3.51. The van der Waals surface area contributed by atoms with Gasteiger partial charge < -0.3 is 26.8 Å². The fraction of sp³-hybridized carbons (Fsp3) is 0.556. The minimum atomic E-state index is -0.945. The summed E-state index contributed by atoms with van der Waals surface area (Å²) in [6.07, 6.45) is 13.1. The van der Waals surface area contributed by atoms with E-state index in [2.05, 4.69) is 53.7 Å². The first-order valence-electron chi connectivity index (χ1n) is 16.8. The molecule has 0 aromatic heterocycles. The van der Waals surface area contributed by atoms with Gasteiger partial charge in [-0.3, -0.25) is 9.59 Å². The molecule has 2 fully saturated rings. The second-order valence-electron chi connectivity index (χ2n) is 13.1. The molecule has 1 saturated carbocycles. The highest BCUT2D eigenvalue weighted by atomic mass is 16.2. The van der Waals surface area contributed by atoms with Gasteiger partial charge in [0.1, 0.15) is 6.04 Å². The molecule has 3 unspecified atom stereocenters. The number of benzene rings is 1. The van der Waals surface area contributed by atoms with Crippen LogP contribution in [0.3, 0.4) is 0 Å². The Hall–Kier alpha value is -3.94. The average molecular weight is 629 g/mol. The summed E-state index contributed by atoms with van der Waals surface area (Å²) in [6, 6.07) is 7.67. The van der Waals surface area contributed by atoms with Gasteiger partial charge in [-0.25, -0.2) is 5.84 Å². The van der Waals surface area contributed by atoms with Crippen LogP contribution < -0.4 is 27.7 Å². The molecular weight excluding hydrogens is 576 g/mol. The Morgan fingerprint density at radius 1 is 1.20 bits per heavy atom. The van der Waals surface area contributed by atoms with Crippen LogP contribution in [0.2, 0.25) is 0 Å². The van der Waals surface area contributed by atoms with Gasteiger partial charge in [-0.1, -0.05) is 49.6 Å². The normalized spacial score (nSPS) is 22.7. The van der Waals surface area contributed by atoms with E-state index in [-0.39, 0.29) is 30.4 Å². The van der Waals surface area contributed by atoms with E-state index in [4.69, 9.17) is 11.7 Å². The number of fused-ring (bicyclic) bond motifs is 1. The molecule has 3 atom stereocenters. The van der Waals surface area contributed by atoms with Crippen molar-refractivity contribution in [1.29, 1.82) is 5.26 Å². The van der Waals surface area contributed by atoms with Crippen LogP contribution in [0.15, 0.2) is 58.8 Å². The Morgan fingerprint density at radius 2 is 1.96 bits per heavy atom. The molecule has 10 nitrogen and oxygen atoms in total. The number of likely N-dealkylation sites (tertiary alicyclic amines) is 1. The fourth-order valence-corrected chi connectivity index (χ4v) is 7.88. The number of amides is 2. The first-order chi connectivity index (χ1) is 22.2. The Labute approximate surface area is 274 Å². The van der Waals surface area contributed by atoms with E-state index in [0.29, 0.717) is 49.7 Å². The molecule has 3 aliphatic rings. The van der Waals surface area contributed by atoms with E-state index in [0.717, 1.165) is 66.4 Å². The number of nitrogens with zero attached hydrogens (tertiary/aromatic N) is 3. The predicted molar refractivity (Wildman–Crippen MR) is 183 cm³/mol. The van der Waals surface area contributed by atoms with Crippen LogP contribution in [0.4, 0.5) is 0 Å². The monoisotopic (exact) mass is 628 g/mol. The SMILES string of the molecule is C=CC1=C(C=C(C)C)CCc2cc(C(=O)NCC)ccc2C1(CC(NCC(=O)N1CCCC1C#N)C1CCCCC1)/C(=N/N)NN. The first-order valence-corrected chi connectivity index (χ1v) is 16.8. The molecule has 0 radical (unpaired) electrons. The minimum absolute atomic E-state index is 0.0545. The lowest BCUT2D eigenvalue weighted by atomic mass is 9.64. The summed E-state index contributed by atoms with van der Waals surface area (Å²) in [7, 11) is 0. The standard InChI is InChI=1S/C36H52N8O2/c1-5-30-26(19-24(3)4)14-15-27-20-28(34(46)40-6-2)16-17-31(27)36(30,35(42-38)43-39)21-32(25-11-8-7-9-12-25)41-23-33(45)44-18-10-13-29(44)22-37/h5,16-17,19-20,25,29,32,41H,1,6-15,18,21,23,38-39H2,2-4H3,(H,40,46)(H,42,43). The quantitative estimate of drug-likeness (QED) is 0.106. The summed E-state index contributed by atoms with van der Waals surface area (Å²) < 4.78 is 0. The summed E-state index contributed by atoms with van der Waals surface area (Å²) in [6.45, 7) is 11.6. The Balaban J connectivity index is 1.90. The number of nitriles is 1. The molecule has 46 heavy (non-hydrogen) atoms. The summed E-state index contributed by atoms with van der Waals surface area (Å²) in [5, 5.41) is 20.5. The van der Waals surface area contributed by atoms with Gasteiger partial charge in [0.25, 0.3) is 5.91 Å². The van der Waals surface area contributed by atoms with Crippen molar-refractivity contribution in [3.8, 4) is 6.07 Å². The zero-order valence-corrected chi connectivity index (χ0v) is 27.8. The summed E-state index contributed by atoms with van der Waals surface area (Å²) in [5.74, 6) is 13.0. The van der Waals surface area contributed by atoms with Crippen LogP contribution in [0.25, 0.3) is 0 Å². The predicted octanol–water partition coefficient (Wildman–Crippen LogP) is 4.25. The molecule has 1 aromatic rings. The van der Waals surface area contributed by atoms with Crippen molar-refractivity contribution in [3.63, 3.8) is 0 Å². The molecule has 0 spiro atoms. The molecular formula is C36H52N8O2. The number of carbonyl (C=O) groups is 2. The van der Waals surface area contributed by atoms with Gasteiger partial charge in [-0.05, 0) is 106 Å². The smallest absolute Gasteiger partial charge is 0.251 e. The number of allylic oxidation sites excluding steroid dienone is 4. The molecule has 7 N–H and O–H groups in total. The number of amidine groups is 1. The Bertz CT molecular complexity index is 1410. The van der Waals surface area contributed by atoms with Crippen molar-refractivity contribution >= 4 is 17.6 Å². The minimum Gasteiger partial charge on any atom is -0.352 e. The van der Waals surface area contributed by atoms with Crippen molar-refractivity contribution in [2.45, 2.75) is 102 Å². The highest BCUT2D eigenvalue weighted by Gasteiger charge is 2.47. The maximum absolute atomic E-state index is 13.5. The number of hydrazine groups is 1. The van der Waals surface area contributed by atoms with Crippen LogP contribution in [0, 0.1) is 17.2 Å². The Morgan fingerprint density at radius 3 is 2.59 bits per heavy atom. The molecule has 248 valence electrons. The maximum atomic E-state index is 13.5. The largest absolute Gasteiger partial charge is 0.352 e.